The van der Waals surface area contributed by atoms with Crippen LogP contribution in [0.25, 0.3) is 10.9 Å². The van der Waals surface area contributed by atoms with Gasteiger partial charge < -0.3 is 15.4 Å². The Morgan fingerprint density at radius 3 is 2.79 bits per heavy atom. The monoisotopic (exact) mass is 341 g/mol. The number of hydrogen-bond acceptors (Lipinski definition) is 3. The van der Waals surface area contributed by atoms with E-state index in [-0.39, 0.29) is 6.03 Å². The lowest BCUT2D eigenvalue weighted by Gasteiger charge is -2.11. The quantitative estimate of drug-likeness (QED) is 0.687. The first-order chi connectivity index (χ1) is 11.7. The van der Waals surface area contributed by atoms with Gasteiger partial charge in [-0.05, 0) is 24.3 Å². The number of aromatic nitrogens is 1. The molecule has 0 unspecified atom stereocenters. The zero-order chi connectivity index (χ0) is 16.8. The number of pyridine rings is 1. The van der Waals surface area contributed by atoms with Crippen LogP contribution in [-0.4, -0.2) is 24.2 Å². The van der Waals surface area contributed by atoms with Crippen LogP contribution in [0.15, 0.2) is 60.8 Å². The van der Waals surface area contributed by atoms with Gasteiger partial charge in [-0.25, -0.2) is 4.79 Å². The molecule has 2 amide bonds. The molecule has 0 radical (unpaired) electrons. The average Bonchev–Trinajstić information content (AvgIpc) is 2.61. The summed E-state index contributed by atoms with van der Waals surface area (Å²) < 4.78 is 5.71. The SMILES string of the molecule is O=C(NCCOc1cccc2cccnc12)Nc1ccccc1Cl. The fourth-order valence-electron chi connectivity index (χ4n) is 2.25. The van der Waals surface area contributed by atoms with Crippen molar-refractivity contribution in [3.8, 4) is 5.75 Å². The Morgan fingerprint density at radius 2 is 1.92 bits per heavy atom. The molecule has 3 aromatic rings. The van der Waals surface area contributed by atoms with E-state index >= 15 is 0 Å². The van der Waals surface area contributed by atoms with Gasteiger partial charge in [0.1, 0.15) is 17.9 Å². The van der Waals surface area contributed by atoms with Gasteiger partial charge in [0.2, 0.25) is 0 Å². The Hall–Kier alpha value is -2.79. The van der Waals surface area contributed by atoms with Gasteiger partial charge in [-0.1, -0.05) is 41.9 Å². The third kappa shape index (κ3) is 3.94. The fraction of sp³-hybridized carbons (Fsp3) is 0.111. The van der Waals surface area contributed by atoms with Crippen LogP contribution in [0.5, 0.6) is 5.75 Å². The molecule has 0 aliphatic carbocycles. The summed E-state index contributed by atoms with van der Waals surface area (Å²) in [6.07, 6.45) is 1.73. The van der Waals surface area contributed by atoms with Crippen molar-refractivity contribution in [1.82, 2.24) is 10.3 Å². The number of carbonyl (C=O) groups excluding carboxylic acids is 1. The van der Waals surface area contributed by atoms with Crippen LogP contribution >= 0.6 is 11.6 Å². The van der Waals surface area contributed by atoms with Crippen molar-refractivity contribution in [3.05, 3.63) is 65.8 Å². The second kappa shape index (κ2) is 7.66. The number of amides is 2. The number of halogens is 1. The molecular weight excluding hydrogens is 326 g/mol. The smallest absolute Gasteiger partial charge is 0.319 e. The maximum absolute atomic E-state index is 11.8. The van der Waals surface area contributed by atoms with Crippen LogP contribution in [0.1, 0.15) is 0 Å². The second-order valence-corrected chi connectivity index (χ2v) is 5.45. The van der Waals surface area contributed by atoms with E-state index in [0.29, 0.717) is 29.6 Å². The molecular formula is C18H16ClN3O2. The van der Waals surface area contributed by atoms with Gasteiger partial charge in [0.05, 0.1) is 17.3 Å². The lowest BCUT2D eigenvalue weighted by atomic mass is 10.2. The highest BCUT2D eigenvalue weighted by molar-refractivity contribution is 6.33. The van der Waals surface area contributed by atoms with E-state index in [4.69, 9.17) is 16.3 Å². The molecule has 3 rings (SSSR count). The molecule has 0 aliphatic heterocycles. The predicted molar refractivity (Wildman–Crippen MR) is 95.7 cm³/mol. The number of benzene rings is 2. The van der Waals surface area contributed by atoms with Crippen molar-refractivity contribution in [1.29, 1.82) is 0 Å². The number of urea groups is 1. The number of fused-ring (bicyclic) bond motifs is 1. The Bertz CT molecular complexity index is 849. The Balaban J connectivity index is 1.50. The Labute approximate surface area is 144 Å². The van der Waals surface area contributed by atoms with E-state index in [9.17, 15) is 4.79 Å². The molecule has 0 saturated carbocycles. The molecule has 0 bridgehead atoms. The van der Waals surface area contributed by atoms with Crippen molar-refractivity contribution in [2.45, 2.75) is 0 Å². The number of hydrogen-bond donors (Lipinski definition) is 2. The van der Waals surface area contributed by atoms with Crippen molar-refractivity contribution < 1.29 is 9.53 Å². The fourth-order valence-corrected chi connectivity index (χ4v) is 2.43. The molecule has 2 N–H and O–H groups in total. The van der Waals surface area contributed by atoms with Gasteiger partial charge in [-0.3, -0.25) is 4.98 Å². The molecule has 24 heavy (non-hydrogen) atoms. The largest absolute Gasteiger partial charge is 0.489 e. The number of ether oxygens (including phenoxy) is 1. The number of nitrogens with zero attached hydrogens (tertiary/aromatic N) is 1. The van der Waals surface area contributed by atoms with E-state index in [2.05, 4.69) is 15.6 Å². The van der Waals surface area contributed by atoms with Crippen molar-refractivity contribution in [2.75, 3.05) is 18.5 Å². The third-order valence-electron chi connectivity index (χ3n) is 3.36. The minimum absolute atomic E-state index is 0.331. The average molecular weight is 342 g/mol. The first-order valence-electron chi connectivity index (χ1n) is 7.50. The second-order valence-electron chi connectivity index (χ2n) is 5.04. The highest BCUT2D eigenvalue weighted by atomic mass is 35.5. The molecule has 1 heterocycles. The molecule has 5 nitrogen and oxygen atoms in total. The Morgan fingerprint density at radius 1 is 1.08 bits per heavy atom. The van der Waals surface area contributed by atoms with E-state index < -0.39 is 0 Å². The number of nitrogens with one attached hydrogen (secondary N) is 2. The lowest BCUT2D eigenvalue weighted by molar-refractivity contribution is 0.247. The summed E-state index contributed by atoms with van der Waals surface area (Å²) in [5.41, 5.74) is 1.37. The number of para-hydroxylation sites is 2. The molecule has 2 aromatic carbocycles. The standard InChI is InChI=1S/C18H16ClN3O2/c19-14-7-1-2-8-15(14)22-18(23)21-11-12-24-16-9-3-5-13-6-4-10-20-17(13)16/h1-10H,11-12H2,(H2,21,22,23). The molecule has 1 aromatic heterocycles. The minimum Gasteiger partial charge on any atom is -0.489 e. The highest BCUT2D eigenvalue weighted by Crippen LogP contribution is 2.22. The van der Waals surface area contributed by atoms with Crippen LogP contribution in [0, 0.1) is 0 Å². The number of rotatable bonds is 5. The molecule has 122 valence electrons. The van der Waals surface area contributed by atoms with E-state index in [0.717, 1.165) is 10.9 Å². The van der Waals surface area contributed by atoms with Crippen LogP contribution in [0.2, 0.25) is 5.02 Å². The number of anilines is 1. The van der Waals surface area contributed by atoms with Gasteiger partial charge in [0.15, 0.2) is 0 Å². The van der Waals surface area contributed by atoms with Crippen molar-refractivity contribution in [3.63, 3.8) is 0 Å². The molecule has 0 saturated heterocycles. The van der Waals surface area contributed by atoms with E-state index in [1.54, 1.807) is 30.5 Å². The van der Waals surface area contributed by atoms with Gasteiger partial charge in [-0.2, -0.15) is 0 Å². The Kier molecular flexibility index (Phi) is 5.13. The molecule has 0 aliphatic rings. The number of carbonyl (C=O) groups is 1. The highest BCUT2D eigenvalue weighted by Gasteiger charge is 2.05. The molecule has 0 fully saturated rings. The summed E-state index contributed by atoms with van der Waals surface area (Å²) in [6.45, 7) is 0.700. The van der Waals surface area contributed by atoms with E-state index in [1.807, 2.05) is 30.3 Å². The normalized spacial score (nSPS) is 10.4. The summed E-state index contributed by atoms with van der Waals surface area (Å²) >= 11 is 5.99. The van der Waals surface area contributed by atoms with Crippen molar-refractivity contribution in [2.24, 2.45) is 0 Å². The summed E-state index contributed by atoms with van der Waals surface area (Å²) in [4.78, 5) is 16.2. The third-order valence-corrected chi connectivity index (χ3v) is 3.69. The van der Waals surface area contributed by atoms with Crippen LogP contribution in [-0.2, 0) is 0 Å². The summed E-state index contributed by atoms with van der Waals surface area (Å²) in [7, 11) is 0. The predicted octanol–water partition coefficient (Wildman–Crippen LogP) is 4.09. The van der Waals surface area contributed by atoms with Crippen LogP contribution < -0.4 is 15.4 Å². The van der Waals surface area contributed by atoms with E-state index in [1.165, 1.54) is 0 Å². The van der Waals surface area contributed by atoms with Gasteiger partial charge in [0, 0.05) is 11.6 Å². The van der Waals surface area contributed by atoms with Gasteiger partial charge >= 0.3 is 6.03 Å². The molecule has 6 heteroatoms. The maximum atomic E-state index is 11.8. The topological polar surface area (TPSA) is 63.2 Å². The molecule has 0 spiro atoms. The van der Waals surface area contributed by atoms with Crippen LogP contribution in [0.3, 0.4) is 0 Å². The zero-order valence-corrected chi connectivity index (χ0v) is 13.6. The minimum atomic E-state index is -0.331. The van der Waals surface area contributed by atoms with Gasteiger partial charge in [0.25, 0.3) is 0 Å². The molecule has 0 atom stereocenters. The first-order valence-corrected chi connectivity index (χ1v) is 7.88. The van der Waals surface area contributed by atoms with Gasteiger partial charge in [-0.15, -0.1) is 0 Å². The zero-order valence-electron chi connectivity index (χ0n) is 12.8. The summed E-state index contributed by atoms with van der Waals surface area (Å²) in [6, 6.07) is 16.3. The maximum Gasteiger partial charge on any atom is 0.319 e. The van der Waals surface area contributed by atoms with Crippen molar-refractivity contribution >= 4 is 34.2 Å². The first kappa shape index (κ1) is 16.1. The summed E-state index contributed by atoms with van der Waals surface area (Å²) in [5.74, 6) is 0.696. The lowest BCUT2D eigenvalue weighted by Crippen LogP contribution is -2.32. The summed E-state index contributed by atoms with van der Waals surface area (Å²) in [5, 5.41) is 6.92. The van der Waals surface area contributed by atoms with Crippen LogP contribution in [0.4, 0.5) is 10.5 Å².